The summed E-state index contributed by atoms with van der Waals surface area (Å²) in [7, 11) is -2.95. The maximum atomic E-state index is 11.8. The van der Waals surface area contributed by atoms with Crippen molar-refractivity contribution in [3.05, 3.63) is 23.8 Å². The van der Waals surface area contributed by atoms with E-state index < -0.39 is 9.84 Å². The molecule has 0 saturated carbocycles. The Labute approximate surface area is 123 Å². The Morgan fingerprint density at radius 2 is 2.25 bits per heavy atom. The second-order valence-electron chi connectivity index (χ2n) is 4.97. The van der Waals surface area contributed by atoms with Crippen LogP contribution in [0.5, 0.6) is 0 Å². The lowest BCUT2D eigenvalue weighted by atomic mass is 10.2. The van der Waals surface area contributed by atoms with Crippen molar-refractivity contribution < 1.29 is 13.2 Å². The van der Waals surface area contributed by atoms with Crippen LogP contribution in [0.2, 0.25) is 0 Å². The third-order valence-corrected chi connectivity index (χ3v) is 5.97. The summed E-state index contributed by atoms with van der Waals surface area (Å²) < 4.78 is 22.6. The van der Waals surface area contributed by atoms with E-state index in [1.54, 1.807) is 0 Å². The summed E-state index contributed by atoms with van der Waals surface area (Å²) in [6, 6.07) is 5.40. The molecule has 7 heteroatoms. The van der Waals surface area contributed by atoms with Crippen LogP contribution in [0.4, 0.5) is 5.69 Å². The Morgan fingerprint density at radius 3 is 2.85 bits per heavy atom. The summed E-state index contributed by atoms with van der Waals surface area (Å²) in [5.74, 6) is 0.374. The molecule has 1 heterocycles. The zero-order valence-electron chi connectivity index (χ0n) is 11.3. The third kappa shape index (κ3) is 4.14. The van der Waals surface area contributed by atoms with Crippen molar-refractivity contribution in [1.29, 1.82) is 0 Å². The molecule has 0 aliphatic carbocycles. The first kappa shape index (κ1) is 15.2. The second-order valence-corrected chi connectivity index (χ2v) is 8.25. The van der Waals surface area contributed by atoms with Crippen molar-refractivity contribution in [2.45, 2.75) is 24.3 Å². The average Bonchev–Trinajstić information content (AvgIpc) is 2.70. The van der Waals surface area contributed by atoms with Crippen molar-refractivity contribution >= 4 is 33.2 Å². The highest BCUT2D eigenvalue weighted by molar-refractivity contribution is 8.00. The van der Waals surface area contributed by atoms with E-state index in [2.05, 4.69) is 5.32 Å². The van der Waals surface area contributed by atoms with Crippen LogP contribution in [0.1, 0.15) is 12.0 Å². The maximum absolute atomic E-state index is 11.8. The van der Waals surface area contributed by atoms with Gasteiger partial charge in [0.2, 0.25) is 5.91 Å². The third-order valence-electron chi connectivity index (χ3n) is 3.21. The number of amides is 1. The fourth-order valence-electron chi connectivity index (χ4n) is 2.07. The molecule has 3 N–H and O–H groups in total. The lowest BCUT2D eigenvalue weighted by Crippen LogP contribution is -2.36. The average molecular weight is 314 g/mol. The molecule has 1 atom stereocenters. The van der Waals surface area contributed by atoms with Crippen LogP contribution in [-0.4, -0.2) is 37.6 Å². The lowest BCUT2D eigenvalue weighted by molar-refractivity contribution is -0.119. The zero-order valence-corrected chi connectivity index (χ0v) is 12.9. The molecule has 110 valence electrons. The normalized spacial score (nSPS) is 20.8. The van der Waals surface area contributed by atoms with Gasteiger partial charge in [-0.3, -0.25) is 4.79 Å². The monoisotopic (exact) mass is 314 g/mol. The quantitative estimate of drug-likeness (QED) is 0.638. The summed E-state index contributed by atoms with van der Waals surface area (Å²) in [4.78, 5) is 12.8. The largest absolute Gasteiger partial charge is 0.399 e. The number of rotatable bonds is 4. The minimum atomic E-state index is -2.95. The first-order valence-electron chi connectivity index (χ1n) is 6.34. The van der Waals surface area contributed by atoms with Crippen molar-refractivity contribution in [3.63, 3.8) is 0 Å². The highest BCUT2D eigenvalue weighted by atomic mass is 32.2. The van der Waals surface area contributed by atoms with Crippen molar-refractivity contribution in [3.8, 4) is 0 Å². The van der Waals surface area contributed by atoms with Crippen LogP contribution < -0.4 is 11.1 Å². The van der Waals surface area contributed by atoms with Gasteiger partial charge in [-0.05, 0) is 37.1 Å². The van der Waals surface area contributed by atoms with E-state index in [0.29, 0.717) is 6.42 Å². The van der Waals surface area contributed by atoms with Gasteiger partial charge >= 0.3 is 0 Å². The van der Waals surface area contributed by atoms with Crippen LogP contribution in [0.15, 0.2) is 23.1 Å². The fourth-order valence-corrected chi connectivity index (χ4v) is 4.54. The summed E-state index contributed by atoms with van der Waals surface area (Å²) in [6.45, 7) is 1.92. The summed E-state index contributed by atoms with van der Waals surface area (Å²) in [5, 5.41) is 2.77. The topological polar surface area (TPSA) is 89.3 Å². The highest BCUT2D eigenvalue weighted by Crippen LogP contribution is 2.22. The van der Waals surface area contributed by atoms with E-state index in [0.717, 1.165) is 16.1 Å². The lowest BCUT2D eigenvalue weighted by Gasteiger charge is -2.10. The summed E-state index contributed by atoms with van der Waals surface area (Å²) in [6.07, 6.45) is 0.514. The van der Waals surface area contributed by atoms with Gasteiger partial charge in [0, 0.05) is 16.6 Å². The molecule has 2 rings (SSSR count). The van der Waals surface area contributed by atoms with E-state index in [9.17, 15) is 13.2 Å². The van der Waals surface area contributed by atoms with Gasteiger partial charge in [0.25, 0.3) is 0 Å². The number of sulfone groups is 1. The Kier molecular flexibility index (Phi) is 4.59. The number of carbonyl (C=O) groups excluding carboxylic acids is 1. The molecule has 1 aromatic carbocycles. The number of thioether (sulfide) groups is 1. The smallest absolute Gasteiger partial charge is 0.230 e. The number of carbonyl (C=O) groups is 1. The molecule has 1 aliphatic rings. The molecule has 1 aliphatic heterocycles. The van der Waals surface area contributed by atoms with Gasteiger partial charge in [0.15, 0.2) is 9.84 Å². The van der Waals surface area contributed by atoms with E-state index in [-0.39, 0.29) is 29.2 Å². The maximum Gasteiger partial charge on any atom is 0.230 e. The molecule has 5 nitrogen and oxygen atoms in total. The number of aryl methyl sites for hydroxylation is 1. The van der Waals surface area contributed by atoms with Gasteiger partial charge in [0.1, 0.15) is 0 Å². The Morgan fingerprint density at radius 1 is 1.50 bits per heavy atom. The van der Waals surface area contributed by atoms with Crippen LogP contribution >= 0.6 is 11.8 Å². The first-order chi connectivity index (χ1) is 9.35. The predicted molar refractivity (Wildman–Crippen MR) is 81.5 cm³/mol. The van der Waals surface area contributed by atoms with Gasteiger partial charge in [-0.2, -0.15) is 0 Å². The SMILES string of the molecule is Cc1cc(SCC(=O)NC2CCS(=O)(=O)C2)ccc1N. The first-order valence-corrected chi connectivity index (χ1v) is 9.15. The molecule has 1 aromatic rings. The Bertz CT molecular complexity index is 614. The van der Waals surface area contributed by atoms with E-state index in [4.69, 9.17) is 5.73 Å². The van der Waals surface area contributed by atoms with Crippen LogP contribution in [0.3, 0.4) is 0 Å². The molecule has 0 aromatic heterocycles. The molecule has 0 radical (unpaired) electrons. The van der Waals surface area contributed by atoms with Crippen LogP contribution in [0.25, 0.3) is 0 Å². The number of hydrogen-bond donors (Lipinski definition) is 2. The van der Waals surface area contributed by atoms with E-state index >= 15 is 0 Å². The molecule has 0 spiro atoms. The van der Waals surface area contributed by atoms with Gasteiger partial charge in [-0.1, -0.05) is 0 Å². The predicted octanol–water partition coefficient (Wildman–Crippen LogP) is 0.973. The van der Waals surface area contributed by atoms with E-state index in [1.807, 2.05) is 25.1 Å². The number of nitrogens with two attached hydrogens (primary N) is 1. The Balaban J connectivity index is 1.82. The molecule has 20 heavy (non-hydrogen) atoms. The number of nitrogens with one attached hydrogen (secondary N) is 1. The Hall–Kier alpha value is -1.21. The molecule has 1 unspecified atom stereocenters. The van der Waals surface area contributed by atoms with Crippen molar-refractivity contribution in [1.82, 2.24) is 5.32 Å². The number of anilines is 1. The molecule has 1 saturated heterocycles. The van der Waals surface area contributed by atoms with Crippen LogP contribution in [0, 0.1) is 6.92 Å². The second kappa shape index (κ2) is 6.05. The van der Waals surface area contributed by atoms with Gasteiger partial charge in [0.05, 0.1) is 17.3 Å². The van der Waals surface area contributed by atoms with Gasteiger partial charge in [-0.15, -0.1) is 11.8 Å². The van der Waals surface area contributed by atoms with Gasteiger partial charge < -0.3 is 11.1 Å². The fraction of sp³-hybridized carbons (Fsp3) is 0.462. The number of hydrogen-bond acceptors (Lipinski definition) is 5. The summed E-state index contributed by atoms with van der Waals surface area (Å²) in [5.41, 5.74) is 7.45. The molecular weight excluding hydrogens is 296 g/mol. The minimum absolute atomic E-state index is 0.0599. The highest BCUT2D eigenvalue weighted by Gasteiger charge is 2.28. The molecule has 1 amide bonds. The van der Waals surface area contributed by atoms with E-state index in [1.165, 1.54) is 11.8 Å². The minimum Gasteiger partial charge on any atom is -0.399 e. The number of benzene rings is 1. The van der Waals surface area contributed by atoms with Crippen LogP contribution in [-0.2, 0) is 14.6 Å². The summed E-state index contributed by atoms with van der Waals surface area (Å²) >= 11 is 1.42. The van der Waals surface area contributed by atoms with Gasteiger partial charge in [-0.25, -0.2) is 8.42 Å². The molecular formula is C13H18N2O3S2. The molecule has 1 fully saturated rings. The standard InChI is InChI=1S/C13H18N2O3S2/c1-9-6-11(2-3-12(9)14)19-7-13(16)15-10-4-5-20(17,18)8-10/h2-3,6,10H,4-5,7-8,14H2,1H3,(H,15,16). The van der Waals surface area contributed by atoms with Crippen molar-refractivity contribution in [2.75, 3.05) is 23.0 Å². The van der Waals surface area contributed by atoms with Crippen molar-refractivity contribution in [2.24, 2.45) is 0 Å². The molecule has 0 bridgehead atoms. The number of nitrogen functional groups attached to an aromatic ring is 1. The zero-order chi connectivity index (χ0) is 14.8.